The Morgan fingerprint density at radius 2 is 1.03 bits per heavy atom. The molecule has 4 saturated carbocycles. The van der Waals surface area contributed by atoms with Crippen LogP contribution in [0.15, 0.2) is 36.5 Å². The molecule has 0 heterocycles. The fraction of sp³-hybridized carbons (Fsp3) is 0.750. The highest BCUT2D eigenvalue weighted by atomic mass is 16.6. The highest BCUT2D eigenvalue weighted by Gasteiger charge is 2.54. The summed E-state index contributed by atoms with van der Waals surface area (Å²) in [5, 5.41) is 0. The van der Waals surface area contributed by atoms with Crippen molar-refractivity contribution in [1.29, 1.82) is 0 Å². The number of allylic oxidation sites excluding steroid dienone is 6. The number of esters is 2. The average Bonchev–Trinajstić information content (AvgIpc) is 3.76. The first kappa shape index (κ1) is 25.1. The molecule has 7 aliphatic carbocycles. The second kappa shape index (κ2) is 10.6. The van der Waals surface area contributed by atoms with Crippen LogP contribution in [0, 0.1) is 59.2 Å². The maximum Gasteiger partial charge on any atom is 0.310 e. The number of fused-ring (bicyclic) bond motifs is 10. The van der Waals surface area contributed by atoms with Crippen molar-refractivity contribution in [2.75, 3.05) is 26.4 Å². The van der Waals surface area contributed by atoms with E-state index < -0.39 is 11.8 Å². The zero-order chi connectivity index (χ0) is 25.6. The van der Waals surface area contributed by atoms with E-state index in [1.807, 2.05) is 12.2 Å². The SMILES string of the molecule is O=C(OCCOC1CC2CC1C1C=CCC21)C1CC=CCC1C(=O)OCCOC1CC2CC1C1C=CCC21. The number of ether oxygens (including phenoxy) is 4. The van der Waals surface area contributed by atoms with E-state index in [1.165, 1.54) is 25.7 Å². The maximum absolute atomic E-state index is 12.9. The normalized spacial score (nSPS) is 45.1. The van der Waals surface area contributed by atoms with Gasteiger partial charge in [-0.25, -0.2) is 0 Å². The van der Waals surface area contributed by atoms with Gasteiger partial charge in [0.15, 0.2) is 0 Å². The summed E-state index contributed by atoms with van der Waals surface area (Å²) in [7, 11) is 0. The lowest BCUT2D eigenvalue weighted by Crippen LogP contribution is -2.35. The molecule has 6 nitrogen and oxygen atoms in total. The third-order valence-corrected chi connectivity index (χ3v) is 11.3. The second-order valence-electron chi connectivity index (χ2n) is 12.9. The molecule has 0 saturated heterocycles. The molecule has 4 bridgehead atoms. The minimum atomic E-state index is -0.489. The Labute approximate surface area is 226 Å². The fourth-order valence-electron chi connectivity index (χ4n) is 9.59. The highest BCUT2D eigenvalue weighted by molar-refractivity contribution is 5.82. The molecule has 0 radical (unpaired) electrons. The predicted molar refractivity (Wildman–Crippen MR) is 141 cm³/mol. The minimum Gasteiger partial charge on any atom is -0.463 e. The van der Waals surface area contributed by atoms with Crippen LogP contribution in [0.3, 0.4) is 0 Å². The van der Waals surface area contributed by atoms with Crippen LogP contribution in [-0.2, 0) is 28.5 Å². The van der Waals surface area contributed by atoms with E-state index in [2.05, 4.69) is 24.3 Å². The fourth-order valence-corrected chi connectivity index (χ4v) is 9.59. The van der Waals surface area contributed by atoms with Gasteiger partial charge in [0.1, 0.15) is 13.2 Å². The Balaban J connectivity index is 0.821. The molecule has 206 valence electrons. The highest BCUT2D eigenvalue weighted by Crippen LogP contribution is 2.58. The van der Waals surface area contributed by atoms with E-state index in [1.54, 1.807) is 0 Å². The van der Waals surface area contributed by atoms with Crippen molar-refractivity contribution in [3.05, 3.63) is 36.5 Å². The van der Waals surface area contributed by atoms with E-state index in [0.717, 1.165) is 36.5 Å². The number of carbonyl (C=O) groups excluding carboxylic acids is 2. The zero-order valence-electron chi connectivity index (χ0n) is 22.3. The van der Waals surface area contributed by atoms with Crippen molar-refractivity contribution in [2.45, 2.75) is 63.6 Å². The first-order valence-corrected chi connectivity index (χ1v) is 15.2. The minimum absolute atomic E-state index is 0.243. The van der Waals surface area contributed by atoms with Gasteiger partial charge < -0.3 is 18.9 Å². The molecular weight excluding hydrogens is 480 g/mol. The summed E-state index contributed by atoms with van der Waals surface area (Å²) in [5.41, 5.74) is 0. The van der Waals surface area contributed by atoms with Gasteiger partial charge in [-0.3, -0.25) is 9.59 Å². The Morgan fingerprint density at radius 3 is 1.50 bits per heavy atom. The molecule has 6 heteroatoms. The molecular formula is C32H42O6. The third kappa shape index (κ3) is 4.50. The summed E-state index contributed by atoms with van der Waals surface area (Å²) in [6, 6.07) is 0. The summed E-state index contributed by atoms with van der Waals surface area (Å²) >= 11 is 0. The van der Waals surface area contributed by atoms with Gasteiger partial charge in [-0.2, -0.15) is 0 Å². The van der Waals surface area contributed by atoms with Gasteiger partial charge in [-0.15, -0.1) is 0 Å². The molecule has 0 spiro atoms. The number of carbonyl (C=O) groups is 2. The summed E-state index contributed by atoms with van der Waals surface area (Å²) in [5.74, 6) is 4.31. The predicted octanol–water partition coefficient (Wildman–Crippen LogP) is 4.89. The van der Waals surface area contributed by atoms with Crippen molar-refractivity contribution in [1.82, 2.24) is 0 Å². The Bertz CT molecular complexity index is 922. The van der Waals surface area contributed by atoms with Crippen LogP contribution in [0.2, 0.25) is 0 Å². The van der Waals surface area contributed by atoms with Crippen molar-refractivity contribution >= 4 is 11.9 Å². The average molecular weight is 523 g/mol. The molecule has 0 aromatic carbocycles. The zero-order valence-corrected chi connectivity index (χ0v) is 22.3. The van der Waals surface area contributed by atoms with Crippen LogP contribution >= 0.6 is 0 Å². The number of hydrogen-bond acceptors (Lipinski definition) is 6. The van der Waals surface area contributed by atoms with Gasteiger partial charge in [0.2, 0.25) is 0 Å². The molecule has 0 aromatic heterocycles. The van der Waals surface area contributed by atoms with Crippen molar-refractivity contribution in [2.24, 2.45) is 59.2 Å². The van der Waals surface area contributed by atoms with Gasteiger partial charge in [0.05, 0.1) is 37.3 Å². The number of hydrogen-bond donors (Lipinski definition) is 0. The lowest BCUT2D eigenvalue weighted by molar-refractivity contribution is -0.163. The van der Waals surface area contributed by atoms with Crippen molar-refractivity contribution in [3.63, 3.8) is 0 Å². The Morgan fingerprint density at radius 1 is 0.553 bits per heavy atom. The molecule has 7 aliphatic rings. The summed E-state index contributed by atoms with van der Waals surface area (Å²) < 4.78 is 23.5. The van der Waals surface area contributed by atoms with Crippen LogP contribution in [0.25, 0.3) is 0 Å². The number of rotatable bonds is 10. The lowest BCUT2D eigenvalue weighted by Gasteiger charge is -2.31. The van der Waals surface area contributed by atoms with Crippen LogP contribution in [-0.4, -0.2) is 50.6 Å². The molecule has 12 atom stereocenters. The summed E-state index contributed by atoms with van der Waals surface area (Å²) in [6.45, 7) is 1.34. The van der Waals surface area contributed by atoms with Crippen LogP contribution < -0.4 is 0 Å². The van der Waals surface area contributed by atoms with Crippen molar-refractivity contribution in [3.8, 4) is 0 Å². The van der Waals surface area contributed by atoms with Crippen LogP contribution in [0.1, 0.15) is 51.4 Å². The van der Waals surface area contributed by atoms with E-state index in [0.29, 0.717) is 61.9 Å². The van der Waals surface area contributed by atoms with E-state index in [-0.39, 0.29) is 25.2 Å². The lowest BCUT2D eigenvalue weighted by atomic mass is 9.80. The topological polar surface area (TPSA) is 71.1 Å². The quantitative estimate of drug-likeness (QED) is 0.231. The molecule has 12 unspecified atom stereocenters. The van der Waals surface area contributed by atoms with Gasteiger partial charge in [-0.05, 0) is 98.7 Å². The van der Waals surface area contributed by atoms with Gasteiger partial charge >= 0.3 is 11.9 Å². The van der Waals surface area contributed by atoms with Crippen LogP contribution in [0.5, 0.6) is 0 Å². The first-order chi connectivity index (χ1) is 18.7. The smallest absolute Gasteiger partial charge is 0.310 e. The molecule has 0 amide bonds. The molecule has 0 N–H and O–H groups in total. The third-order valence-electron chi connectivity index (χ3n) is 11.3. The Hall–Kier alpha value is -1.92. The molecule has 0 aromatic rings. The van der Waals surface area contributed by atoms with E-state index >= 15 is 0 Å². The maximum atomic E-state index is 12.9. The Kier molecular flexibility index (Phi) is 6.98. The molecule has 7 rings (SSSR count). The van der Waals surface area contributed by atoms with E-state index in [4.69, 9.17) is 18.9 Å². The van der Waals surface area contributed by atoms with Crippen molar-refractivity contribution < 1.29 is 28.5 Å². The second-order valence-corrected chi connectivity index (χ2v) is 12.9. The molecule has 0 aliphatic heterocycles. The van der Waals surface area contributed by atoms with E-state index in [9.17, 15) is 9.59 Å². The largest absolute Gasteiger partial charge is 0.463 e. The molecule has 4 fully saturated rings. The van der Waals surface area contributed by atoms with Gasteiger partial charge in [0, 0.05) is 0 Å². The van der Waals surface area contributed by atoms with Gasteiger partial charge in [0.25, 0.3) is 0 Å². The summed E-state index contributed by atoms with van der Waals surface area (Å²) in [6.07, 6.45) is 22.4. The van der Waals surface area contributed by atoms with Crippen LogP contribution in [0.4, 0.5) is 0 Å². The van der Waals surface area contributed by atoms with Gasteiger partial charge in [-0.1, -0.05) is 36.5 Å². The summed E-state index contributed by atoms with van der Waals surface area (Å²) in [4.78, 5) is 25.8. The standard InChI is InChI=1S/C32H42O6/c33-31(37-13-11-35-29-17-19-15-27(29)23-9-3-7-21(19)23)25-5-1-2-6-26(25)32(34)38-14-12-36-30-18-20-16-28(30)24-10-4-8-22(20)24/h1-4,9-10,19-30H,5-8,11-18H2. The molecule has 38 heavy (non-hydrogen) atoms. The monoisotopic (exact) mass is 522 g/mol. The first-order valence-electron chi connectivity index (χ1n) is 15.2.